The first kappa shape index (κ1) is 22.7. The van der Waals surface area contributed by atoms with Gasteiger partial charge in [-0.3, -0.25) is 10.1 Å². The van der Waals surface area contributed by atoms with E-state index in [-0.39, 0.29) is 11.0 Å². The second-order valence-corrected chi connectivity index (χ2v) is 7.60. The maximum atomic E-state index is 12.4. The van der Waals surface area contributed by atoms with Gasteiger partial charge in [-0.15, -0.1) is 0 Å². The number of rotatable bonds is 10. The molecule has 0 aliphatic carbocycles. The van der Waals surface area contributed by atoms with E-state index >= 15 is 0 Å². The molecule has 156 valence electrons. The van der Waals surface area contributed by atoms with Gasteiger partial charge in [-0.2, -0.15) is 0 Å². The molecule has 2 aromatic carbocycles. The van der Waals surface area contributed by atoms with E-state index in [1.807, 2.05) is 24.3 Å². The summed E-state index contributed by atoms with van der Waals surface area (Å²) in [5.41, 5.74) is 1.28. The van der Waals surface area contributed by atoms with Gasteiger partial charge in [0, 0.05) is 17.3 Å². The van der Waals surface area contributed by atoms with E-state index in [1.165, 1.54) is 0 Å². The van der Waals surface area contributed by atoms with Crippen LogP contribution in [-0.4, -0.2) is 24.2 Å². The van der Waals surface area contributed by atoms with Crippen molar-refractivity contribution in [3.8, 4) is 11.5 Å². The summed E-state index contributed by atoms with van der Waals surface area (Å²) in [7, 11) is 0. The van der Waals surface area contributed by atoms with Crippen LogP contribution in [-0.2, 0) is 0 Å². The van der Waals surface area contributed by atoms with E-state index in [1.54, 1.807) is 24.3 Å². The summed E-state index contributed by atoms with van der Waals surface area (Å²) in [4.78, 5) is 12.4. The molecule has 0 aliphatic rings. The van der Waals surface area contributed by atoms with E-state index in [4.69, 9.17) is 21.7 Å². The number of ether oxygens (including phenoxy) is 2. The summed E-state index contributed by atoms with van der Waals surface area (Å²) < 4.78 is 11.4. The third kappa shape index (κ3) is 8.52. The highest BCUT2D eigenvalue weighted by atomic mass is 32.1. The Morgan fingerprint density at radius 3 is 2.45 bits per heavy atom. The number of unbranched alkanes of at least 4 members (excludes halogenated alkanes) is 1. The molecule has 0 bridgehead atoms. The fourth-order valence-corrected chi connectivity index (χ4v) is 2.66. The molecular weight excluding hydrogens is 384 g/mol. The highest BCUT2D eigenvalue weighted by molar-refractivity contribution is 7.80. The van der Waals surface area contributed by atoms with Gasteiger partial charge in [-0.05, 0) is 67.4 Å². The molecule has 6 heteroatoms. The van der Waals surface area contributed by atoms with E-state index in [9.17, 15) is 4.79 Å². The molecule has 0 aromatic heterocycles. The molecule has 2 aromatic rings. The van der Waals surface area contributed by atoms with Crippen LogP contribution in [0.4, 0.5) is 5.69 Å². The van der Waals surface area contributed by atoms with Crippen molar-refractivity contribution in [3.05, 3.63) is 54.1 Å². The predicted molar refractivity (Wildman–Crippen MR) is 122 cm³/mol. The van der Waals surface area contributed by atoms with Crippen molar-refractivity contribution in [1.82, 2.24) is 5.32 Å². The number of hydrogen-bond acceptors (Lipinski definition) is 4. The third-order valence-electron chi connectivity index (χ3n) is 4.17. The summed E-state index contributed by atoms with van der Waals surface area (Å²) in [5, 5.41) is 5.95. The van der Waals surface area contributed by atoms with Crippen molar-refractivity contribution in [2.75, 3.05) is 18.5 Å². The first-order valence-corrected chi connectivity index (χ1v) is 10.5. The Balaban J connectivity index is 1.84. The molecule has 2 rings (SSSR count). The summed E-state index contributed by atoms with van der Waals surface area (Å²) in [5.74, 6) is 1.84. The number of amides is 1. The predicted octanol–water partition coefficient (Wildman–Crippen LogP) is 5.42. The monoisotopic (exact) mass is 414 g/mol. The number of anilines is 1. The first-order chi connectivity index (χ1) is 14.0. The van der Waals surface area contributed by atoms with Crippen LogP contribution >= 0.6 is 12.2 Å². The number of benzene rings is 2. The Labute approximate surface area is 178 Å². The van der Waals surface area contributed by atoms with Gasteiger partial charge in [0.1, 0.15) is 11.5 Å². The van der Waals surface area contributed by atoms with Crippen molar-refractivity contribution < 1.29 is 14.3 Å². The minimum Gasteiger partial charge on any atom is -0.494 e. The molecule has 0 saturated heterocycles. The fourth-order valence-electron chi connectivity index (χ4n) is 2.45. The number of carbonyl (C=O) groups is 1. The molecule has 2 N–H and O–H groups in total. The van der Waals surface area contributed by atoms with Gasteiger partial charge in [0.25, 0.3) is 5.91 Å². The third-order valence-corrected chi connectivity index (χ3v) is 4.37. The Morgan fingerprint density at radius 2 is 1.76 bits per heavy atom. The normalized spacial score (nSPS) is 10.5. The van der Waals surface area contributed by atoms with E-state index in [2.05, 4.69) is 31.4 Å². The van der Waals surface area contributed by atoms with Crippen molar-refractivity contribution in [2.45, 2.75) is 40.0 Å². The molecule has 5 nitrogen and oxygen atoms in total. The SMILES string of the molecule is CCCCOc1ccc(C(=O)NC(=S)Nc2cccc(OCCC(C)C)c2)cc1. The minimum absolute atomic E-state index is 0.234. The Bertz CT molecular complexity index is 791. The standard InChI is InChI=1S/C23H30N2O3S/c1-4-5-14-27-20-11-9-18(10-12-20)22(26)25-23(29)24-19-7-6-8-21(16-19)28-15-13-17(2)3/h6-12,16-17H,4-5,13-15H2,1-3H3,(H2,24,25,26,29). The lowest BCUT2D eigenvalue weighted by Gasteiger charge is -2.12. The number of nitrogens with one attached hydrogen (secondary N) is 2. The Morgan fingerprint density at radius 1 is 1.03 bits per heavy atom. The molecule has 1 amide bonds. The van der Waals surface area contributed by atoms with Gasteiger partial charge in [-0.1, -0.05) is 33.3 Å². The molecule has 0 aliphatic heterocycles. The number of thiocarbonyl (C=S) groups is 1. The molecule has 0 radical (unpaired) electrons. The average Bonchev–Trinajstić information content (AvgIpc) is 2.68. The van der Waals surface area contributed by atoms with Crippen molar-refractivity contribution in [1.29, 1.82) is 0 Å². The lowest BCUT2D eigenvalue weighted by molar-refractivity contribution is 0.0977. The Kier molecular flexibility index (Phi) is 9.44. The van der Waals surface area contributed by atoms with Gasteiger partial charge in [0.05, 0.1) is 13.2 Å². The lowest BCUT2D eigenvalue weighted by Crippen LogP contribution is -2.34. The van der Waals surface area contributed by atoms with Crippen LogP contribution in [0.3, 0.4) is 0 Å². The van der Waals surface area contributed by atoms with Crippen LogP contribution in [0.25, 0.3) is 0 Å². The molecule has 0 saturated carbocycles. The molecule has 0 heterocycles. The second kappa shape index (κ2) is 12.1. The summed E-state index contributed by atoms with van der Waals surface area (Å²) in [6.07, 6.45) is 3.08. The van der Waals surface area contributed by atoms with Gasteiger partial charge in [0.15, 0.2) is 5.11 Å². The van der Waals surface area contributed by atoms with Crippen molar-refractivity contribution in [2.24, 2.45) is 5.92 Å². The quantitative estimate of drug-likeness (QED) is 0.402. The highest BCUT2D eigenvalue weighted by Gasteiger charge is 2.09. The number of carbonyl (C=O) groups excluding carboxylic acids is 1. The van der Waals surface area contributed by atoms with Gasteiger partial charge in [0.2, 0.25) is 0 Å². The maximum absolute atomic E-state index is 12.4. The summed E-state index contributed by atoms with van der Waals surface area (Å²) in [6, 6.07) is 14.5. The van der Waals surface area contributed by atoms with Crippen LogP contribution in [0, 0.1) is 5.92 Å². The van der Waals surface area contributed by atoms with Crippen LogP contribution in [0.2, 0.25) is 0 Å². The van der Waals surface area contributed by atoms with Crippen molar-refractivity contribution in [3.63, 3.8) is 0 Å². The minimum atomic E-state index is -0.271. The molecule has 0 fully saturated rings. The molecule has 29 heavy (non-hydrogen) atoms. The summed E-state index contributed by atoms with van der Waals surface area (Å²) >= 11 is 5.27. The van der Waals surface area contributed by atoms with E-state index in [0.29, 0.717) is 24.7 Å². The topological polar surface area (TPSA) is 59.6 Å². The smallest absolute Gasteiger partial charge is 0.257 e. The zero-order chi connectivity index (χ0) is 21.1. The van der Waals surface area contributed by atoms with E-state index in [0.717, 1.165) is 36.4 Å². The van der Waals surface area contributed by atoms with Crippen LogP contribution in [0.15, 0.2) is 48.5 Å². The van der Waals surface area contributed by atoms with Gasteiger partial charge >= 0.3 is 0 Å². The van der Waals surface area contributed by atoms with Gasteiger partial charge < -0.3 is 14.8 Å². The first-order valence-electron chi connectivity index (χ1n) is 10.1. The van der Waals surface area contributed by atoms with Crippen LogP contribution in [0.5, 0.6) is 11.5 Å². The molecule has 0 spiro atoms. The second-order valence-electron chi connectivity index (χ2n) is 7.19. The summed E-state index contributed by atoms with van der Waals surface area (Å²) in [6.45, 7) is 7.78. The van der Waals surface area contributed by atoms with Gasteiger partial charge in [-0.25, -0.2) is 0 Å². The highest BCUT2D eigenvalue weighted by Crippen LogP contribution is 2.18. The molecule has 0 unspecified atom stereocenters. The Hall–Kier alpha value is -2.60. The zero-order valence-corrected chi connectivity index (χ0v) is 18.2. The fraction of sp³-hybridized carbons (Fsp3) is 0.391. The van der Waals surface area contributed by atoms with E-state index < -0.39 is 0 Å². The molecular formula is C23H30N2O3S. The zero-order valence-electron chi connectivity index (χ0n) is 17.4. The van der Waals surface area contributed by atoms with Crippen molar-refractivity contribution >= 4 is 28.9 Å². The number of hydrogen-bond donors (Lipinski definition) is 2. The largest absolute Gasteiger partial charge is 0.494 e. The van der Waals surface area contributed by atoms with Crippen LogP contribution in [0.1, 0.15) is 50.4 Å². The van der Waals surface area contributed by atoms with Crippen LogP contribution < -0.4 is 20.1 Å². The molecule has 0 atom stereocenters. The average molecular weight is 415 g/mol. The lowest BCUT2D eigenvalue weighted by atomic mass is 10.1. The maximum Gasteiger partial charge on any atom is 0.257 e.